The predicted octanol–water partition coefficient (Wildman–Crippen LogP) is 4.16. The molecule has 1 heterocycles. The van der Waals surface area contributed by atoms with Crippen molar-refractivity contribution in [3.63, 3.8) is 0 Å². The fourth-order valence-electron chi connectivity index (χ4n) is 3.05. The van der Waals surface area contributed by atoms with E-state index in [9.17, 15) is 4.79 Å². The van der Waals surface area contributed by atoms with Crippen LogP contribution in [0, 0.1) is 0 Å². The summed E-state index contributed by atoms with van der Waals surface area (Å²) in [5.74, 6) is 0.0857. The van der Waals surface area contributed by atoms with Crippen LogP contribution in [0.25, 0.3) is 17.1 Å². The molecule has 4 nitrogen and oxygen atoms in total. The summed E-state index contributed by atoms with van der Waals surface area (Å²) in [4.78, 5) is 18.8. The Hall–Kier alpha value is -2.59. The van der Waals surface area contributed by atoms with Crippen molar-refractivity contribution < 1.29 is 9.90 Å². The molecular formula is C19H17ClN2O2. The molecule has 0 spiro atoms. The monoisotopic (exact) mass is 340 g/mol. The highest BCUT2D eigenvalue weighted by Gasteiger charge is 2.48. The number of carbonyl (C=O) groups is 1. The Balaban J connectivity index is 0.00000169. The second-order valence-corrected chi connectivity index (χ2v) is 5.98. The molecule has 5 heteroatoms. The number of para-hydroxylation sites is 2. The summed E-state index contributed by atoms with van der Waals surface area (Å²) in [5.41, 5.74) is 4.15. The molecular weight excluding hydrogens is 324 g/mol. The molecule has 0 amide bonds. The Kier molecular flexibility index (Phi) is 4.16. The number of nitrogens with one attached hydrogen (secondary N) is 1. The molecule has 0 aliphatic heterocycles. The minimum Gasteiger partial charge on any atom is -0.478 e. The van der Waals surface area contributed by atoms with Gasteiger partial charge in [0.2, 0.25) is 0 Å². The van der Waals surface area contributed by atoms with Gasteiger partial charge in [-0.3, -0.25) is 0 Å². The summed E-state index contributed by atoms with van der Waals surface area (Å²) in [6.45, 7) is 0. The molecule has 1 aromatic heterocycles. The van der Waals surface area contributed by atoms with Crippen LogP contribution >= 0.6 is 12.4 Å². The number of aromatic nitrogens is 2. The van der Waals surface area contributed by atoms with E-state index in [1.807, 2.05) is 36.4 Å². The van der Waals surface area contributed by atoms with Gasteiger partial charge in [-0.05, 0) is 42.2 Å². The Morgan fingerprint density at radius 1 is 1.12 bits per heavy atom. The standard InChI is InChI=1S/C19H16N2O2.ClH/c22-17(23)10-7-13-5-8-14(9-6-13)19(11-12-19)18-20-15-3-1-2-4-16(15)21-18;/h1-10H,11-12H2,(H,20,21)(H,22,23);1H/b10-7+;. The van der Waals surface area contributed by atoms with Gasteiger partial charge < -0.3 is 10.1 Å². The molecule has 2 aromatic carbocycles. The summed E-state index contributed by atoms with van der Waals surface area (Å²) in [6.07, 6.45) is 4.92. The van der Waals surface area contributed by atoms with Crippen molar-refractivity contribution in [1.29, 1.82) is 0 Å². The normalized spacial score (nSPS) is 15.3. The van der Waals surface area contributed by atoms with E-state index in [0.29, 0.717) is 0 Å². The third-order valence-corrected chi connectivity index (χ3v) is 4.47. The number of benzene rings is 2. The predicted molar refractivity (Wildman–Crippen MR) is 96.5 cm³/mol. The number of nitrogens with zero attached hydrogens (tertiary/aromatic N) is 1. The number of fused-ring (bicyclic) bond motifs is 1. The molecule has 24 heavy (non-hydrogen) atoms. The quantitative estimate of drug-likeness (QED) is 0.701. The Labute approximate surface area is 145 Å². The van der Waals surface area contributed by atoms with Gasteiger partial charge in [-0.2, -0.15) is 0 Å². The van der Waals surface area contributed by atoms with Gasteiger partial charge in [-0.1, -0.05) is 36.4 Å². The van der Waals surface area contributed by atoms with Crippen LogP contribution in [0.1, 0.15) is 29.8 Å². The molecule has 0 unspecified atom stereocenters. The van der Waals surface area contributed by atoms with Gasteiger partial charge in [0.1, 0.15) is 5.82 Å². The van der Waals surface area contributed by atoms with E-state index in [4.69, 9.17) is 10.1 Å². The van der Waals surface area contributed by atoms with Gasteiger partial charge in [0.15, 0.2) is 0 Å². The maximum absolute atomic E-state index is 10.6. The van der Waals surface area contributed by atoms with E-state index < -0.39 is 5.97 Å². The van der Waals surface area contributed by atoms with E-state index in [2.05, 4.69) is 17.1 Å². The lowest BCUT2D eigenvalue weighted by molar-refractivity contribution is -0.131. The van der Waals surface area contributed by atoms with Crippen LogP contribution in [0.3, 0.4) is 0 Å². The van der Waals surface area contributed by atoms with Gasteiger partial charge in [0, 0.05) is 6.08 Å². The molecule has 0 radical (unpaired) electrons. The maximum atomic E-state index is 10.6. The Bertz CT molecular complexity index is 876. The van der Waals surface area contributed by atoms with Crippen LogP contribution < -0.4 is 0 Å². The van der Waals surface area contributed by atoms with Crippen LogP contribution in [0.5, 0.6) is 0 Å². The number of rotatable bonds is 4. The highest BCUT2D eigenvalue weighted by molar-refractivity contribution is 5.85. The van der Waals surface area contributed by atoms with Gasteiger partial charge >= 0.3 is 5.97 Å². The molecule has 1 aliphatic carbocycles. The van der Waals surface area contributed by atoms with Crippen LogP contribution in [0.4, 0.5) is 0 Å². The Morgan fingerprint density at radius 3 is 2.46 bits per heavy atom. The molecule has 3 aromatic rings. The number of hydrogen-bond donors (Lipinski definition) is 2. The highest BCUT2D eigenvalue weighted by atomic mass is 35.5. The van der Waals surface area contributed by atoms with Gasteiger partial charge in [-0.25, -0.2) is 9.78 Å². The number of carboxylic acid groups (broad SMARTS) is 1. The van der Waals surface area contributed by atoms with Crippen molar-refractivity contribution in [3.8, 4) is 0 Å². The summed E-state index contributed by atoms with van der Waals surface area (Å²) < 4.78 is 0. The van der Waals surface area contributed by atoms with Gasteiger partial charge in [0.05, 0.1) is 16.4 Å². The van der Waals surface area contributed by atoms with E-state index in [1.54, 1.807) is 6.08 Å². The third-order valence-electron chi connectivity index (χ3n) is 4.47. The zero-order valence-corrected chi connectivity index (χ0v) is 13.7. The zero-order valence-electron chi connectivity index (χ0n) is 12.9. The zero-order chi connectivity index (χ0) is 15.9. The van der Waals surface area contributed by atoms with Crippen molar-refractivity contribution in [2.24, 2.45) is 0 Å². The first-order valence-corrected chi connectivity index (χ1v) is 7.64. The molecule has 1 saturated carbocycles. The number of imidazole rings is 1. The topological polar surface area (TPSA) is 66.0 Å². The van der Waals surface area contributed by atoms with Crippen LogP contribution in [0.15, 0.2) is 54.6 Å². The molecule has 0 saturated heterocycles. The first kappa shape index (κ1) is 16.3. The van der Waals surface area contributed by atoms with Gasteiger partial charge in [-0.15, -0.1) is 12.4 Å². The van der Waals surface area contributed by atoms with Crippen molar-refractivity contribution in [2.45, 2.75) is 18.3 Å². The van der Waals surface area contributed by atoms with Crippen molar-refractivity contribution in [1.82, 2.24) is 9.97 Å². The molecule has 122 valence electrons. The van der Waals surface area contributed by atoms with Gasteiger partial charge in [0.25, 0.3) is 0 Å². The van der Waals surface area contributed by atoms with E-state index in [-0.39, 0.29) is 17.8 Å². The number of aliphatic carboxylic acids is 1. The lowest BCUT2D eigenvalue weighted by Gasteiger charge is -2.13. The van der Waals surface area contributed by atoms with E-state index in [0.717, 1.165) is 41.3 Å². The average Bonchev–Trinajstić information content (AvgIpc) is 3.26. The maximum Gasteiger partial charge on any atom is 0.328 e. The highest BCUT2D eigenvalue weighted by Crippen LogP contribution is 2.52. The van der Waals surface area contributed by atoms with E-state index >= 15 is 0 Å². The van der Waals surface area contributed by atoms with Crippen LogP contribution in [0.2, 0.25) is 0 Å². The summed E-state index contributed by atoms with van der Waals surface area (Å²) >= 11 is 0. The van der Waals surface area contributed by atoms with Crippen molar-refractivity contribution in [3.05, 3.63) is 71.6 Å². The Morgan fingerprint density at radius 2 is 1.83 bits per heavy atom. The second kappa shape index (κ2) is 6.13. The van der Waals surface area contributed by atoms with E-state index in [1.165, 1.54) is 5.56 Å². The first-order valence-electron chi connectivity index (χ1n) is 7.64. The minimum absolute atomic E-state index is 0. The van der Waals surface area contributed by atoms with Crippen LogP contribution in [-0.4, -0.2) is 21.0 Å². The van der Waals surface area contributed by atoms with Crippen molar-refractivity contribution >= 4 is 35.5 Å². The molecule has 4 rings (SSSR count). The molecule has 0 bridgehead atoms. The summed E-state index contributed by atoms with van der Waals surface area (Å²) in [5, 5.41) is 8.69. The fourth-order valence-corrected chi connectivity index (χ4v) is 3.05. The number of aromatic amines is 1. The number of carboxylic acids is 1. The number of halogens is 1. The lowest BCUT2D eigenvalue weighted by Crippen LogP contribution is -2.10. The first-order chi connectivity index (χ1) is 11.2. The lowest BCUT2D eigenvalue weighted by atomic mass is 9.94. The van der Waals surface area contributed by atoms with Crippen LogP contribution in [-0.2, 0) is 10.2 Å². The second-order valence-electron chi connectivity index (χ2n) is 5.98. The number of H-pyrrole nitrogens is 1. The average molecular weight is 341 g/mol. The summed E-state index contributed by atoms with van der Waals surface area (Å²) in [6, 6.07) is 16.1. The number of hydrogen-bond acceptors (Lipinski definition) is 2. The SMILES string of the molecule is Cl.O=C(O)/C=C/c1ccc(C2(c3nc4ccccc4[nH]3)CC2)cc1. The largest absolute Gasteiger partial charge is 0.478 e. The molecule has 2 N–H and O–H groups in total. The smallest absolute Gasteiger partial charge is 0.328 e. The summed E-state index contributed by atoms with van der Waals surface area (Å²) in [7, 11) is 0. The van der Waals surface area contributed by atoms with Crippen molar-refractivity contribution in [2.75, 3.05) is 0 Å². The third kappa shape index (κ3) is 2.81. The molecule has 0 atom stereocenters. The molecule has 1 aliphatic rings. The fraction of sp³-hybridized carbons (Fsp3) is 0.158. The minimum atomic E-state index is -0.935. The molecule has 1 fully saturated rings.